The van der Waals surface area contributed by atoms with Crippen LogP contribution in [0.3, 0.4) is 0 Å². The lowest BCUT2D eigenvalue weighted by molar-refractivity contribution is 0.558. The molecule has 1 aliphatic rings. The normalized spacial score (nSPS) is 17.2. The van der Waals surface area contributed by atoms with E-state index in [1.165, 1.54) is 0 Å². The summed E-state index contributed by atoms with van der Waals surface area (Å²) in [5, 5.41) is 0.532. The van der Waals surface area contributed by atoms with Crippen LogP contribution in [0.5, 0.6) is 0 Å². The van der Waals surface area contributed by atoms with Crippen molar-refractivity contribution in [3.05, 3.63) is 28.8 Å². The molecule has 0 unspecified atom stereocenters. The maximum absolute atomic E-state index is 12.1. The number of hydrogen-bond donors (Lipinski definition) is 1. The van der Waals surface area contributed by atoms with Gasteiger partial charge in [-0.25, -0.2) is 8.42 Å². The fourth-order valence-corrected chi connectivity index (χ4v) is 4.62. The van der Waals surface area contributed by atoms with E-state index in [0.717, 1.165) is 25.7 Å². The molecule has 1 aliphatic carbocycles. The third-order valence-corrected chi connectivity index (χ3v) is 5.41. The first kappa shape index (κ1) is 13.7. The van der Waals surface area contributed by atoms with Crippen molar-refractivity contribution in [1.29, 1.82) is 0 Å². The Morgan fingerprint density at radius 3 is 2.56 bits per heavy atom. The van der Waals surface area contributed by atoms with Gasteiger partial charge >= 0.3 is 0 Å². The standard InChI is InChI=1S/C13H18ClNO2S/c14-12-6-5-11(13(15)7-12)9-18(16,17)8-10-3-1-2-4-10/h5-7,10H,1-4,8-9,15H2. The molecule has 0 atom stereocenters. The number of anilines is 1. The molecule has 0 amide bonds. The van der Waals surface area contributed by atoms with Gasteiger partial charge in [-0.05, 0) is 36.5 Å². The SMILES string of the molecule is Nc1cc(Cl)ccc1CS(=O)(=O)CC1CCCC1. The molecule has 2 N–H and O–H groups in total. The van der Waals surface area contributed by atoms with Crippen molar-refractivity contribution >= 4 is 27.1 Å². The molecule has 0 radical (unpaired) electrons. The van der Waals surface area contributed by atoms with E-state index in [1.807, 2.05) is 0 Å². The summed E-state index contributed by atoms with van der Waals surface area (Å²) in [4.78, 5) is 0. The Morgan fingerprint density at radius 1 is 1.28 bits per heavy atom. The van der Waals surface area contributed by atoms with Crippen LogP contribution in [0.25, 0.3) is 0 Å². The highest BCUT2D eigenvalue weighted by atomic mass is 35.5. The number of benzene rings is 1. The maximum atomic E-state index is 12.1. The number of halogens is 1. The maximum Gasteiger partial charge on any atom is 0.154 e. The fourth-order valence-electron chi connectivity index (χ4n) is 2.53. The molecule has 0 bridgehead atoms. The minimum absolute atomic E-state index is 0.0203. The van der Waals surface area contributed by atoms with E-state index in [9.17, 15) is 8.42 Å². The Labute approximate surface area is 113 Å². The van der Waals surface area contributed by atoms with Crippen LogP contribution in [-0.4, -0.2) is 14.2 Å². The van der Waals surface area contributed by atoms with Crippen molar-refractivity contribution in [2.24, 2.45) is 5.92 Å². The minimum Gasteiger partial charge on any atom is -0.398 e. The van der Waals surface area contributed by atoms with Crippen molar-refractivity contribution in [2.45, 2.75) is 31.4 Å². The minimum atomic E-state index is -3.08. The zero-order chi connectivity index (χ0) is 13.2. The van der Waals surface area contributed by atoms with Gasteiger partial charge in [-0.1, -0.05) is 30.5 Å². The molecule has 3 nitrogen and oxygen atoms in total. The van der Waals surface area contributed by atoms with Gasteiger partial charge in [-0.15, -0.1) is 0 Å². The molecule has 18 heavy (non-hydrogen) atoms. The largest absolute Gasteiger partial charge is 0.398 e. The fraction of sp³-hybridized carbons (Fsp3) is 0.538. The van der Waals surface area contributed by atoms with E-state index in [-0.39, 0.29) is 11.5 Å². The molecule has 100 valence electrons. The predicted octanol–water partition coefficient (Wildman–Crippen LogP) is 3.03. The molecule has 0 spiro atoms. The Kier molecular flexibility index (Phi) is 4.17. The second-order valence-corrected chi connectivity index (χ2v) is 7.59. The number of rotatable bonds is 4. The molecule has 1 aromatic carbocycles. The average molecular weight is 288 g/mol. The highest BCUT2D eigenvalue weighted by Gasteiger charge is 2.23. The van der Waals surface area contributed by atoms with E-state index in [1.54, 1.807) is 18.2 Å². The van der Waals surface area contributed by atoms with Crippen molar-refractivity contribution in [3.63, 3.8) is 0 Å². The first-order valence-electron chi connectivity index (χ1n) is 6.20. The van der Waals surface area contributed by atoms with Crippen LogP contribution in [0.15, 0.2) is 18.2 Å². The van der Waals surface area contributed by atoms with Crippen molar-refractivity contribution in [2.75, 3.05) is 11.5 Å². The zero-order valence-corrected chi connectivity index (χ0v) is 11.8. The Bertz CT molecular complexity index is 522. The van der Waals surface area contributed by atoms with Crippen LogP contribution in [0.4, 0.5) is 5.69 Å². The van der Waals surface area contributed by atoms with Gasteiger partial charge in [-0.2, -0.15) is 0 Å². The van der Waals surface area contributed by atoms with E-state index in [4.69, 9.17) is 17.3 Å². The molecule has 1 aromatic rings. The summed E-state index contributed by atoms with van der Waals surface area (Å²) in [6.07, 6.45) is 4.39. The lowest BCUT2D eigenvalue weighted by Gasteiger charge is -2.11. The molecule has 1 saturated carbocycles. The van der Waals surface area contributed by atoms with Crippen LogP contribution in [0.1, 0.15) is 31.2 Å². The van der Waals surface area contributed by atoms with Crippen LogP contribution in [0, 0.1) is 5.92 Å². The van der Waals surface area contributed by atoms with Gasteiger partial charge in [-0.3, -0.25) is 0 Å². The second kappa shape index (κ2) is 5.49. The van der Waals surface area contributed by atoms with Crippen molar-refractivity contribution < 1.29 is 8.42 Å². The number of sulfone groups is 1. The summed E-state index contributed by atoms with van der Waals surface area (Å²) in [7, 11) is -3.08. The molecule has 0 aliphatic heterocycles. The van der Waals surface area contributed by atoms with Gasteiger partial charge in [0.05, 0.1) is 11.5 Å². The summed E-state index contributed by atoms with van der Waals surface area (Å²) >= 11 is 5.80. The molecule has 5 heteroatoms. The third kappa shape index (κ3) is 3.62. The lowest BCUT2D eigenvalue weighted by atomic mass is 10.1. The van der Waals surface area contributed by atoms with Crippen molar-refractivity contribution in [3.8, 4) is 0 Å². The summed E-state index contributed by atoms with van der Waals surface area (Å²) in [5.41, 5.74) is 6.89. The van der Waals surface area contributed by atoms with Gasteiger partial charge < -0.3 is 5.73 Å². The Hall–Kier alpha value is -0.740. The third-order valence-electron chi connectivity index (χ3n) is 3.45. The summed E-state index contributed by atoms with van der Waals surface area (Å²) < 4.78 is 24.2. The quantitative estimate of drug-likeness (QED) is 0.866. The van der Waals surface area contributed by atoms with E-state index < -0.39 is 9.84 Å². The topological polar surface area (TPSA) is 60.2 Å². The van der Waals surface area contributed by atoms with Gasteiger partial charge in [0.25, 0.3) is 0 Å². The molecule has 1 fully saturated rings. The zero-order valence-electron chi connectivity index (χ0n) is 10.2. The molecule has 0 aromatic heterocycles. The number of hydrogen-bond acceptors (Lipinski definition) is 3. The smallest absolute Gasteiger partial charge is 0.154 e. The van der Waals surface area contributed by atoms with Crippen LogP contribution < -0.4 is 5.73 Å². The van der Waals surface area contributed by atoms with Crippen LogP contribution in [-0.2, 0) is 15.6 Å². The van der Waals surface area contributed by atoms with Crippen LogP contribution >= 0.6 is 11.6 Å². The predicted molar refractivity (Wildman–Crippen MR) is 75.3 cm³/mol. The molecule has 2 rings (SSSR count). The second-order valence-electron chi connectivity index (χ2n) is 5.05. The van der Waals surface area contributed by atoms with Gasteiger partial charge in [0.2, 0.25) is 0 Å². The molecular weight excluding hydrogens is 270 g/mol. The Balaban J connectivity index is 2.07. The van der Waals surface area contributed by atoms with E-state index >= 15 is 0 Å². The highest BCUT2D eigenvalue weighted by Crippen LogP contribution is 2.28. The van der Waals surface area contributed by atoms with Gasteiger partial charge in [0, 0.05) is 10.7 Å². The van der Waals surface area contributed by atoms with Gasteiger partial charge in [0.15, 0.2) is 9.84 Å². The Morgan fingerprint density at radius 2 is 1.94 bits per heavy atom. The van der Waals surface area contributed by atoms with E-state index in [2.05, 4.69) is 0 Å². The first-order chi connectivity index (χ1) is 8.46. The molecule has 0 saturated heterocycles. The molecule has 0 heterocycles. The summed E-state index contributed by atoms with van der Waals surface area (Å²) in [6, 6.07) is 4.98. The average Bonchev–Trinajstić information content (AvgIpc) is 2.74. The van der Waals surface area contributed by atoms with Crippen LogP contribution in [0.2, 0.25) is 5.02 Å². The number of nitrogen functional groups attached to an aromatic ring is 1. The van der Waals surface area contributed by atoms with Gasteiger partial charge in [0.1, 0.15) is 0 Å². The monoisotopic (exact) mass is 287 g/mol. The number of nitrogens with two attached hydrogens (primary N) is 1. The summed E-state index contributed by atoms with van der Waals surface area (Å²) in [6.45, 7) is 0. The first-order valence-corrected chi connectivity index (χ1v) is 8.40. The van der Waals surface area contributed by atoms with E-state index in [0.29, 0.717) is 22.2 Å². The lowest BCUT2D eigenvalue weighted by Crippen LogP contribution is -2.16. The summed E-state index contributed by atoms with van der Waals surface area (Å²) in [5.74, 6) is 0.644. The van der Waals surface area contributed by atoms with Crippen molar-refractivity contribution in [1.82, 2.24) is 0 Å². The molecular formula is C13H18ClNO2S. The highest BCUT2D eigenvalue weighted by molar-refractivity contribution is 7.90.